The van der Waals surface area contributed by atoms with E-state index in [0.29, 0.717) is 12.1 Å². The molecule has 122 valence electrons. The summed E-state index contributed by atoms with van der Waals surface area (Å²) in [5.41, 5.74) is 1.17. The fraction of sp³-hybridized carbons (Fsp3) is 0.688. The van der Waals surface area contributed by atoms with Gasteiger partial charge in [0.05, 0.1) is 24.9 Å². The lowest BCUT2D eigenvalue weighted by molar-refractivity contribution is 0.0150. The second-order valence-electron chi connectivity index (χ2n) is 5.67. The summed E-state index contributed by atoms with van der Waals surface area (Å²) in [7, 11) is 0. The lowest BCUT2D eigenvalue weighted by Crippen LogP contribution is -2.45. The van der Waals surface area contributed by atoms with Crippen molar-refractivity contribution < 1.29 is 4.74 Å². The molecule has 1 aromatic rings. The molecule has 1 N–H and O–H groups in total. The number of nitrogens with one attached hydrogen (secondary N) is 1. The molecule has 22 heavy (non-hydrogen) atoms. The molecule has 0 bridgehead atoms. The third kappa shape index (κ3) is 4.86. The molecule has 1 atom stereocenters. The quantitative estimate of drug-likeness (QED) is 0.883. The molecule has 2 fully saturated rings. The molecular weight excluding hydrogens is 314 g/mol. The Morgan fingerprint density at radius 3 is 2.68 bits per heavy atom. The first kappa shape index (κ1) is 16.6. The number of hydrogen-bond donors (Lipinski definition) is 1. The maximum absolute atomic E-state index is 5.51. The summed E-state index contributed by atoms with van der Waals surface area (Å²) in [5, 5.41) is 3.79. The summed E-state index contributed by atoms with van der Waals surface area (Å²) in [6.45, 7) is 4.63. The minimum atomic E-state index is 0.350. The number of aromatic nitrogens is 1. The Labute approximate surface area is 141 Å². The van der Waals surface area contributed by atoms with E-state index >= 15 is 0 Å². The van der Waals surface area contributed by atoms with Crippen LogP contribution < -0.4 is 5.32 Å². The lowest BCUT2D eigenvalue weighted by atomic mass is 10.1. The normalized spacial score (nSPS) is 23.1. The zero-order valence-corrected chi connectivity index (χ0v) is 14.6. The van der Waals surface area contributed by atoms with Gasteiger partial charge >= 0.3 is 0 Å². The Morgan fingerprint density at radius 2 is 2.00 bits per heavy atom. The highest BCUT2D eigenvalue weighted by atomic mass is 32.2. The van der Waals surface area contributed by atoms with E-state index in [9.17, 15) is 0 Å². The number of hydrogen-bond acceptors (Lipinski definition) is 6. The van der Waals surface area contributed by atoms with E-state index in [1.54, 1.807) is 0 Å². The van der Waals surface area contributed by atoms with Crippen molar-refractivity contribution in [3.63, 3.8) is 0 Å². The minimum Gasteiger partial charge on any atom is -0.379 e. The van der Waals surface area contributed by atoms with Gasteiger partial charge in [0, 0.05) is 54.9 Å². The van der Waals surface area contributed by atoms with Gasteiger partial charge in [-0.1, -0.05) is 6.07 Å². The molecule has 2 aliphatic heterocycles. The monoisotopic (exact) mass is 339 g/mol. The van der Waals surface area contributed by atoms with E-state index < -0.39 is 0 Å². The number of nitrogens with zero attached hydrogens (tertiary/aromatic N) is 2. The fourth-order valence-electron chi connectivity index (χ4n) is 2.90. The molecule has 2 aliphatic rings. The molecule has 0 aliphatic carbocycles. The molecule has 1 aromatic heterocycles. The predicted molar refractivity (Wildman–Crippen MR) is 95.8 cm³/mol. The van der Waals surface area contributed by atoms with Crippen LogP contribution in [0, 0.1) is 0 Å². The molecule has 2 saturated heterocycles. The highest BCUT2D eigenvalue weighted by Crippen LogP contribution is 2.21. The zero-order chi connectivity index (χ0) is 15.0. The second kappa shape index (κ2) is 9.13. The first-order valence-electron chi connectivity index (χ1n) is 8.05. The van der Waals surface area contributed by atoms with Crippen LogP contribution in [0.5, 0.6) is 0 Å². The highest BCUT2D eigenvalue weighted by Gasteiger charge is 2.24. The Kier molecular flexibility index (Phi) is 6.88. The minimum absolute atomic E-state index is 0.350. The number of rotatable bonds is 5. The summed E-state index contributed by atoms with van der Waals surface area (Å²) in [5.74, 6) is 5.03. The van der Waals surface area contributed by atoms with Gasteiger partial charge in [0.2, 0.25) is 0 Å². The van der Waals surface area contributed by atoms with Crippen LogP contribution in [0.2, 0.25) is 0 Å². The molecule has 0 radical (unpaired) electrons. The standard InChI is InChI=1S/C16H25N3OS2/c1-2-4-17-15(3-1)16(19-5-7-20-8-6-19)11-18-14-12-21-9-10-22-13-14/h1-4,14,16,18H,5-13H2/t16-/m0/s1. The van der Waals surface area contributed by atoms with E-state index in [1.165, 1.54) is 28.7 Å². The maximum Gasteiger partial charge on any atom is 0.0648 e. The van der Waals surface area contributed by atoms with Crippen molar-refractivity contribution in [1.29, 1.82) is 0 Å². The van der Waals surface area contributed by atoms with E-state index in [-0.39, 0.29) is 0 Å². The molecular formula is C16H25N3OS2. The van der Waals surface area contributed by atoms with Crippen LogP contribution in [0.15, 0.2) is 24.4 Å². The van der Waals surface area contributed by atoms with Crippen molar-refractivity contribution in [1.82, 2.24) is 15.2 Å². The van der Waals surface area contributed by atoms with Crippen molar-refractivity contribution in [2.24, 2.45) is 0 Å². The molecule has 4 nitrogen and oxygen atoms in total. The van der Waals surface area contributed by atoms with Crippen molar-refractivity contribution in [3.8, 4) is 0 Å². The zero-order valence-electron chi connectivity index (χ0n) is 12.9. The highest BCUT2D eigenvalue weighted by molar-refractivity contribution is 8.03. The molecule has 3 heterocycles. The number of thioether (sulfide) groups is 2. The summed E-state index contributed by atoms with van der Waals surface area (Å²) >= 11 is 4.15. The number of morpholine rings is 1. The van der Waals surface area contributed by atoms with Gasteiger partial charge in [-0.05, 0) is 12.1 Å². The predicted octanol–water partition coefficient (Wildman–Crippen LogP) is 1.89. The Balaban J connectivity index is 1.62. The van der Waals surface area contributed by atoms with Crippen molar-refractivity contribution in [2.45, 2.75) is 12.1 Å². The van der Waals surface area contributed by atoms with Crippen molar-refractivity contribution in [3.05, 3.63) is 30.1 Å². The smallest absolute Gasteiger partial charge is 0.0648 e. The van der Waals surface area contributed by atoms with Gasteiger partial charge in [0.1, 0.15) is 0 Å². The summed E-state index contributed by atoms with van der Waals surface area (Å²) in [6, 6.07) is 7.20. The average molecular weight is 340 g/mol. The summed E-state index contributed by atoms with van der Waals surface area (Å²) in [4.78, 5) is 7.11. The third-order valence-electron chi connectivity index (χ3n) is 4.13. The van der Waals surface area contributed by atoms with Crippen LogP contribution in [0.25, 0.3) is 0 Å². The Hall–Kier alpha value is -0.270. The fourth-order valence-corrected chi connectivity index (χ4v) is 5.36. The van der Waals surface area contributed by atoms with E-state index in [2.05, 4.69) is 50.9 Å². The van der Waals surface area contributed by atoms with Crippen LogP contribution in [-0.4, -0.2) is 71.8 Å². The van der Waals surface area contributed by atoms with Gasteiger partial charge < -0.3 is 10.1 Å². The van der Waals surface area contributed by atoms with E-state index in [1.807, 2.05) is 12.3 Å². The topological polar surface area (TPSA) is 37.4 Å². The molecule has 0 aromatic carbocycles. The van der Waals surface area contributed by atoms with Crippen LogP contribution in [0.3, 0.4) is 0 Å². The Bertz CT molecular complexity index is 421. The van der Waals surface area contributed by atoms with Crippen LogP contribution in [0.4, 0.5) is 0 Å². The second-order valence-corrected chi connectivity index (χ2v) is 7.97. The summed E-state index contributed by atoms with van der Waals surface area (Å²) in [6.07, 6.45) is 1.90. The largest absolute Gasteiger partial charge is 0.379 e. The lowest BCUT2D eigenvalue weighted by Gasteiger charge is -2.35. The number of pyridine rings is 1. The van der Waals surface area contributed by atoms with E-state index in [4.69, 9.17) is 4.74 Å². The first-order chi connectivity index (χ1) is 10.9. The molecule has 0 saturated carbocycles. The first-order valence-corrected chi connectivity index (χ1v) is 10.4. The van der Waals surface area contributed by atoms with Crippen LogP contribution >= 0.6 is 23.5 Å². The van der Waals surface area contributed by atoms with E-state index in [0.717, 1.165) is 32.8 Å². The molecule has 0 unspecified atom stereocenters. The average Bonchev–Trinajstić information content (AvgIpc) is 2.86. The Morgan fingerprint density at radius 1 is 1.23 bits per heavy atom. The van der Waals surface area contributed by atoms with Crippen molar-refractivity contribution >= 4 is 23.5 Å². The van der Waals surface area contributed by atoms with Gasteiger partial charge in [-0.2, -0.15) is 23.5 Å². The van der Waals surface area contributed by atoms with Gasteiger partial charge in [-0.15, -0.1) is 0 Å². The molecule has 6 heteroatoms. The number of ether oxygens (including phenoxy) is 1. The van der Waals surface area contributed by atoms with Gasteiger partial charge in [0.15, 0.2) is 0 Å². The maximum atomic E-state index is 5.51. The van der Waals surface area contributed by atoms with Crippen LogP contribution in [0.1, 0.15) is 11.7 Å². The summed E-state index contributed by atoms with van der Waals surface area (Å²) < 4.78 is 5.51. The molecule has 3 rings (SSSR count). The van der Waals surface area contributed by atoms with Gasteiger partial charge in [-0.25, -0.2) is 0 Å². The van der Waals surface area contributed by atoms with Gasteiger partial charge in [0.25, 0.3) is 0 Å². The van der Waals surface area contributed by atoms with Crippen LogP contribution in [-0.2, 0) is 4.74 Å². The van der Waals surface area contributed by atoms with Crippen molar-refractivity contribution in [2.75, 3.05) is 55.9 Å². The third-order valence-corrected chi connectivity index (χ3v) is 6.65. The van der Waals surface area contributed by atoms with Gasteiger partial charge in [-0.3, -0.25) is 9.88 Å². The molecule has 0 amide bonds. The SMILES string of the molecule is c1ccc([C@H](CNC2CSCCSC2)N2CCOCC2)nc1. The molecule has 0 spiro atoms.